The van der Waals surface area contributed by atoms with Gasteiger partial charge in [0.1, 0.15) is 0 Å². The van der Waals surface area contributed by atoms with Gasteiger partial charge >= 0.3 is 5.97 Å². The van der Waals surface area contributed by atoms with Gasteiger partial charge in [0.05, 0.1) is 5.41 Å². The van der Waals surface area contributed by atoms with Crippen LogP contribution in [-0.2, 0) is 14.3 Å². The Bertz CT molecular complexity index is 719. The van der Waals surface area contributed by atoms with Crippen LogP contribution in [0, 0.1) is 17.3 Å². The summed E-state index contributed by atoms with van der Waals surface area (Å²) in [5.41, 5.74) is 0.123. The minimum absolute atomic E-state index is 0.252. The summed E-state index contributed by atoms with van der Waals surface area (Å²) in [7, 11) is 0. The average Bonchev–Trinajstić information content (AvgIpc) is 2.54. The number of nitrogens with one attached hydrogen (secondary N) is 1. The van der Waals surface area contributed by atoms with Crippen LogP contribution in [0.5, 0.6) is 0 Å². The van der Waals surface area contributed by atoms with Gasteiger partial charge in [-0.15, -0.1) is 11.6 Å². The first kappa shape index (κ1) is 18.1. The van der Waals surface area contributed by atoms with Gasteiger partial charge in [-0.05, 0) is 81.5 Å². The molecule has 0 heterocycles. The zero-order chi connectivity index (χ0) is 18.5. The van der Waals surface area contributed by atoms with E-state index in [0.717, 1.165) is 25.7 Å². The average molecular weight is 396 g/mol. The summed E-state index contributed by atoms with van der Waals surface area (Å²) >= 11 is 12.6. The minimum Gasteiger partial charge on any atom is -0.452 e. The number of alkyl halides is 1. The second-order valence-corrected chi connectivity index (χ2v) is 9.67. The van der Waals surface area contributed by atoms with E-state index in [1.165, 1.54) is 6.42 Å². The minimum atomic E-state index is -0.850. The van der Waals surface area contributed by atoms with Crippen LogP contribution in [0.1, 0.15) is 45.4 Å². The van der Waals surface area contributed by atoms with Crippen LogP contribution < -0.4 is 5.32 Å². The van der Waals surface area contributed by atoms with E-state index in [9.17, 15) is 9.59 Å². The number of carbonyl (C=O) groups excluding carboxylic acids is 2. The van der Waals surface area contributed by atoms with Crippen LogP contribution in [0.25, 0.3) is 0 Å². The molecule has 4 aliphatic rings. The van der Waals surface area contributed by atoms with E-state index in [-0.39, 0.29) is 16.8 Å². The van der Waals surface area contributed by atoms with Crippen LogP contribution in [-0.4, -0.2) is 22.9 Å². The Balaban J connectivity index is 1.41. The largest absolute Gasteiger partial charge is 0.452 e. The smallest absolute Gasteiger partial charge is 0.312 e. The summed E-state index contributed by atoms with van der Waals surface area (Å²) in [6.45, 7) is 1.61. The quantitative estimate of drug-likeness (QED) is 0.588. The predicted molar refractivity (Wildman–Crippen MR) is 101 cm³/mol. The van der Waals surface area contributed by atoms with Crippen molar-refractivity contribution in [2.24, 2.45) is 17.3 Å². The Hall–Kier alpha value is -1.26. The van der Waals surface area contributed by atoms with Crippen molar-refractivity contribution >= 4 is 40.8 Å². The van der Waals surface area contributed by atoms with Crippen LogP contribution in [0.15, 0.2) is 24.3 Å². The molecule has 0 aromatic heterocycles. The van der Waals surface area contributed by atoms with E-state index in [1.807, 2.05) is 0 Å². The molecule has 2 unspecified atom stereocenters. The molecule has 4 nitrogen and oxygen atoms in total. The molecule has 140 valence electrons. The Morgan fingerprint density at radius 1 is 1.15 bits per heavy atom. The lowest BCUT2D eigenvalue weighted by Gasteiger charge is -2.58. The van der Waals surface area contributed by atoms with E-state index in [1.54, 1.807) is 31.2 Å². The van der Waals surface area contributed by atoms with Gasteiger partial charge in [0.2, 0.25) is 0 Å². The zero-order valence-corrected chi connectivity index (χ0v) is 16.3. The van der Waals surface area contributed by atoms with Gasteiger partial charge in [0.25, 0.3) is 5.91 Å². The number of carbonyl (C=O) groups is 2. The van der Waals surface area contributed by atoms with Gasteiger partial charge < -0.3 is 10.1 Å². The third-order valence-corrected chi connectivity index (χ3v) is 6.88. The molecule has 4 saturated carbocycles. The van der Waals surface area contributed by atoms with Crippen molar-refractivity contribution in [3.8, 4) is 0 Å². The maximum Gasteiger partial charge on any atom is 0.312 e. The molecule has 0 saturated heterocycles. The second kappa shape index (κ2) is 6.42. The van der Waals surface area contributed by atoms with Crippen molar-refractivity contribution < 1.29 is 14.3 Å². The number of rotatable bonds is 4. The third kappa shape index (κ3) is 3.34. The van der Waals surface area contributed by atoms with Crippen LogP contribution in [0.4, 0.5) is 5.69 Å². The highest BCUT2D eigenvalue weighted by Crippen LogP contribution is 2.64. The van der Waals surface area contributed by atoms with Crippen LogP contribution >= 0.6 is 23.2 Å². The van der Waals surface area contributed by atoms with Crippen LogP contribution in [0.3, 0.4) is 0 Å². The van der Waals surface area contributed by atoms with Crippen molar-refractivity contribution in [3.63, 3.8) is 0 Å². The maximum atomic E-state index is 13.0. The second-order valence-electron chi connectivity index (χ2n) is 8.44. The van der Waals surface area contributed by atoms with Crippen molar-refractivity contribution in [2.75, 3.05) is 5.32 Å². The van der Waals surface area contributed by atoms with Crippen molar-refractivity contribution in [1.29, 1.82) is 0 Å². The number of halogens is 2. The summed E-state index contributed by atoms with van der Waals surface area (Å²) < 4.78 is 5.60. The first-order valence-electron chi connectivity index (χ1n) is 9.23. The van der Waals surface area contributed by atoms with Crippen molar-refractivity contribution in [1.82, 2.24) is 0 Å². The summed E-state index contributed by atoms with van der Waals surface area (Å²) in [4.78, 5) is 25.1. The summed E-state index contributed by atoms with van der Waals surface area (Å²) in [6, 6.07) is 6.82. The van der Waals surface area contributed by atoms with Gasteiger partial charge in [-0.25, -0.2) is 0 Å². The summed E-state index contributed by atoms with van der Waals surface area (Å²) in [5, 5.41) is 3.35. The molecule has 6 heteroatoms. The van der Waals surface area contributed by atoms with E-state index >= 15 is 0 Å². The summed E-state index contributed by atoms with van der Waals surface area (Å²) in [5.74, 6) is 0.431. The number of benzene rings is 1. The molecule has 0 spiro atoms. The lowest BCUT2D eigenvalue weighted by atomic mass is 9.49. The molecule has 1 N–H and O–H groups in total. The highest BCUT2D eigenvalue weighted by molar-refractivity contribution is 6.30. The van der Waals surface area contributed by atoms with Gasteiger partial charge in [-0.2, -0.15) is 0 Å². The molecule has 4 fully saturated rings. The predicted octanol–water partition coefficient (Wildman–Crippen LogP) is 4.79. The van der Waals surface area contributed by atoms with Crippen molar-refractivity contribution in [3.05, 3.63) is 29.3 Å². The first-order valence-corrected chi connectivity index (χ1v) is 9.99. The highest BCUT2D eigenvalue weighted by Gasteiger charge is 2.61. The fourth-order valence-electron chi connectivity index (χ4n) is 5.51. The molecule has 1 amide bonds. The maximum absolute atomic E-state index is 13.0. The standard InChI is InChI=1S/C20H23Cl2NO3/c1-12(17(24)23-16-4-2-15(21)3-5-16)26-18(25)19-7-13-6-14(8-19)10-20(22,9-13)11-19/h2-5,12-14H,6-11H2,1H3,(H,23,24)/t12-,13-,14+,19?,20?/m0/s1. The van der Waals surface area contributed by atoms with E-state index in [2.05, 4.69) is 5.32 Å². The molecule has 4 aliphatic carbocycles. The third-order valence-electron chi connectivity index (χ3n) is 6.19. The number of hydrogen-bond acceptors (Lipinski definition) is 3. The zero-order valence-electron chi connectivity index (χ0n) is 14.8. The number of anilines is 1. The fourth-order valence-corrected chi connectivity index (χ4v) is 6.32. The molecule has 0 radical (unpaired) electrons. The van der Waals surface area contributed by atoms with Gasteiger partial charge in [0.15, 0.2) is 6.10 Å². The van der Waals surface area contributed by atoms with Gasteiger partial charge in [0, 0.05) is 15.6 Å². The molecule has 26 heavy (non-hydrogen) atoms. The number of amides is 1. The van der Waals surface area contributed by atoms with Gasteiger partial charge in [-0.1, -0.05) is 11.6 Å². The lowest BCUT2D eigenvalue weighted by molar-refractivity contribution is -0.176. The lowest BCUT2D eigenvalue weighted by Crippen LogP contribution is -2.57. The van der Waals surface area contributed by atoms with E-state index in [0.29, 0.717) is 29.0 Å². The number of esters is 1. The SMILES string of the molecule is C[C@H](OC(=O)C12C[C@@H]3C[C@@H](CC(Cl)(C3)C1)C2)C(=O)Nc1ccc(Cl)cc1. The molecule has 5 rings (SSSR count). The molecule has 1 aromatic rings. The van der Waals surface area contributed by atoms with Gasteiger partial charge in [-0.3, -0.25) is 9.59 Å². The number of hydrogen-bond donors (Lipinski definition) is 1. The van der Waals surface area contributed by atoms with Crippen molar-refractivity contribution in [2.45, 2.75) is 56.4 Å². The highest BCUT2D eigenvalue weighted by atomic mass is 35.5. The Morgan fingerprint density at radius 2 is 1.77 bits per heavy atom. The summed E-state index contributed by atoms with van der Waals surface area (Å²) in [6.07, 6.45) is 4.72. The Labute approximate surface area is 163 Å². The first-order chi connectivity index (χ1) is 12.3. The molecule has 1 aromatic carbocycles. The molecular formula is C20H23Cl2NO3. The number of ether oxygens (including phenoxy) is 1. The fraction of sp³-hybridized carbons (Fsp3) is 0.600. The molecule has 4 bridgehead atoms. The van der Waals surface area contributed by atoms with Crippen LogP contribution in [0.2, 0.25) is 5.02 Å². The normalized spacial score (nSPS) is 35.8. The molecule has 0 aliphatic heterocycles. The van der Waals surface area contributed by atoms with E-state index < -0.39 is 11.5 Å². The Morgan fingerprint density at radius 3 is 2.35 bits per heavy atom. The molecular weight excluding hydrogens is 373 g/mol. The Kier molecular flexibility index (Phi) is 4.47. The topological polar surface area (TPSA) is 55.4 Å². The molecule has 5 atom stereocenters. The van der Waals surface area contributed by atoms with E-state index in [4.69, 9.17) is 27.9 Å². The monoisotopic (exact) mass is 395 g/mol.